The minimum atomic E-state index is -0.506. The molecule has 4 heterocycles. The summed E-state index contributed by atoms with van der Waals surface area (Å²) < 4.78 is 24.1. The number of pyridine rings is 1. The molecule has 6 rings (SSSR count). The summed E-state index contributed by atoms with van der Waals surface area (Å²) in [6, 6.07) is 14.1. The number of hydrogen-bond donors (Lipinski definition) is 1. The van der Waals surface area contributed by atoms with E-state index >= 15 is 4.39 Å². The van der Waals surface area contributed by atoms with Gasteiger partial charge in [-0.1, -0.05) is 18.2 Å². The minimum absolute atomic E-state index is 0.104. The first-order valence-electron chi connectivity index (χ1n) is 13.1. The number of nitrogens with zero attached hydrogens (tertiary/aromatic N) is 5. The van der Waals surface area contributed by atoms with E-state index in [0.717, 1.165) is 27.0 Å². The van der Waals surface area contributed by atoms with Crippen molar-refractivity contribution in [2.24, 2.45) is 0 Å². The zero-order valence-electron chi connectivity index (χ0n) is 22.9. The van der Waals surface area contributed by atoms with Crippen molar-refractivity contribution in [3.63, 3.8) is 0 Å². The Bertz CT molecular complexity index is 2010. The summed E-state index contributed by atoms with van der Waals surface area (Å²) in [5, 5.41) is 8.36. The highest BCUT2D eigenvalue weighted by atomic mass is 32.1. The van der Waals surface area contributed by atoms with E-state index < -0.39 is 11.9 Å². The van der Waals surface area contributed by atoms with Gasteiger partial charge in [0.2, 0.25) is 0 Å². The van der Waals surface area contributed by atoms with Crippen LogP contribution in [0.2, 0.25) is 0 Å². The molecule has 0 aliphatic carbocycles. The highest BCUT2D eigenvalue weighted by Gasteiger charge is 2.26. The van der Waals surface area contributed by atoms with Gasteiger partial charge in [0.1, 0.15) is 22.7 Å². The Morgan fingerprint density at radius 2 is 1.88 bits per heavy atom. The fraction of sp³-hybridized carbons (Fsp3) is 0.200. The van der Waals surface area contributed by atoms with Crippen molar-refractivity contribution in [2.75, 3.05) is 5.73 Å². The van der Waals surface area contributed by atoms with E-state index in [-0.39, 0.29) is 23.2 Å². The van der Waals surface area contributed by atoms with Gasteiger partial charge in [0.15, 0.2) is 17.2 Å². The standard InChI is InChI=1S/C30H28FN6O2PS/c1-15(2)39-23-9-8-19(11-22(23)31)27-26-28(32)33-14-34-29(26)37(35-27)17(4)21-12-24-36(16(3)13-41-24)30(38)25(21)18-6-5-7-20(40)10-18/h5-15,17H,40H2,1-4H3,(H2,32,33,34)/t17-/m0/s1. The lowest BCUT2D eigenvalue weighted by molar-refractivity contribution is 0.231. The maximum absolute atomic E-state index is 15.0. The number of aromatic nitrogens is 5. The van der Waals surface area contributed by atoms with Crippen molar-refractivity contribution in [3.05, 3.63) is 87.7 Å². The molecule has 4 aromatic heterocycles. The Morgan fingerprint density at radius 3 is 2.61 bits per heavy atom. The molecule has 208 valence electrons. The maximum atomic E-state index is 15.0. The van der Waals surface area contributed by atoms with Crippen LogP contribution in [0.3, 0.4) is 0 Å². The topological polar surface area (TPSA) is 100 Å². The summed E-state index contributed by atoms with van der Waals surface area (Å²) >= 11 is 1.51. The molecule has 0 aliphatic rings. The van der Waals surface area contributed by atoms with Crippen molar-refractivity contribution in [1.82, 2.24) is 24.1 Å². The predicted octanol–water partition coefficient (Wildman–Crippen LogP) is 5.76. The number of aryl methyl sites for hydroxylation is 1. The van der Waals surface area contributed by atoms with Crippen LogP contribution in [0, 0.1) is 12.7 Å². The smallest absolute Gasteiger partial charge is 0.264 e. The summed E-state index contributed by atoms with van der Waals surface area (Å²) in [4.78, 5) is 23.5. The molecule has 41 heavy (non-hydrogen) atoms. The molecule has 0 aliphatic heterocycles. The van der Waals surface area contributed by atoms with Gasteiger partial charge in [-0.25, -0.2) is 19.0 Å². The molecule has 2 N–H and O–H groups in total. The van der Waals surface area contributed by atoms with Gasteiger partial charge in [-0.15, -0.1) is 20.6 Å². The molecule has 8 nitrogen and oxygen atoms in total. The van der Waals surface area contributed by atoms with E-state index in [4.69, 9.17) is 15.6 Å². The second-order valence-corrected chi connectivity index (χ2v) is 11.8. The molecule has 0 spiro atoms. The number of halogens is 1. The van der Waals surface area contributed by atoms with Crippen LogP contribution >= 0.6 is 20.6 Å². The molecule has 0 fully saturated rings. The van der Waals surface area contributed by atoms with E-state index in [1.54, 1.807) is 21.2 Å². The van der Waals surface area contributed by atoms with Gasteiger partial charge < -0.3 is 10.5 Å². The molecule has 0 amide bonds. The van der Waals surface area contributed by atoms with Crippen LogP contribution in [0.5, 0.6) is 5.75 Å². The molecule has 2 aromatic carbocycles. The molecule has 0 saturated carbocycles. The number of anilines is 1. The van der Waals surface area contributed by atoms with Crippen LogP contribution in [-0.4, -0.2) is 30.3 Å². The fourth-order valence-corrected chi connectivity index (χ4v) is 6.35. The van der Waals surface area contributed by atoms with E-state index in [1.165, 1.54) is 23.7 Å². The zero-order valence-corrected chi connectivity index (χ0v) is 24.9. The van der Waals surface area contributed by atoms with Gasteiger partial charge >= 0.3 is 0 Å². The number of ether oxygens (including phenoxy) is 1. The monoisotopic (exact) mass is 586 g/mol. The predicted molar refractivity (Wildman–Crippen MR) is 166 cm³/mol. The third kappa shape index (κ3) is 4.67. The SMILES string of the molecule is Cc1csc2cc([C@H](C)n3nc(-c4ccc(OC(C)C)c(F)c4)c4c(N)ncnc43)c(-c3cccc(P)c3)c(=O)n12. The van der Waals surface area contributed by atoms with Gasteiger partial charge in [-0.3, -0.25) is 9.20 Å². The normalized spacial score (nSPS) is 12.5. The Hall–Kier alpha value is -4.14. The second-order valence-electron chi connectivity index (χ2n) is 10.2. The number of rotatable bonds is 6. The molecule has 6 aromatic rings. The van der Waals surface area contributed by atoms with E-state index in [1.807, 2.05) is 63.4 Å². The summed E-state index contributed by atoms with van der Waals surface area (Å²) in [6.45, 7) is 7.57. The van der Waals surface area contributed by atoms with Crippen LogP contribution in [0.15, 0.2) is 65.0 Å². The molecule has 0 bridgehead atoms. The number of nitrogens with two attached hydrogens (primary N) is 1. The molecule has 0 saturated heterocycles. The largest absolute Gasteiger partial charge is 0.488 e. The van der Waals surface area contributed by atoms with E-state index in [2.05, 4.69) is 19.2 Å². The lowest BCUT2D eigenvalue weighted by Crippen LogP contribution is -2.21. The summed E-state index contributed by atoms with van der Waals surface area (Å²) in [5.41, 5.74) is 10.7. The van der Waals surface area contributed by atoms with Crippen LogP contribution < -0.4 is 21.3 Å². The third-order valence-electron chi connectivity index (χ3n) is 6.99. The number of nitrogen functional groups attached to an aromatic ring is 1. The van der Waals surface area contributed by atoms with Gasteiger partial charge in [0, 0.05) is 16.6 Å². The van der Waals surface area contributed by atoms with Crippen molar-refractivity contribution in [2.45, 2.75) is 39.8 Å². The van der Waals surface area contributed by atoms with E-state index in [9.17, 15) is 4.79 Å². The first kappa shape index (κ1) is 27.1. The fourth-order valence-electron chi connectivity index (χ4n) is 5.13. The number of hydrogen-bond acceptors (Lipinski definition) is 7. The summed E-state index contributed by atoms with van der Waals surface area (Å²) in [7, 11) is 2.69. The number of fused-ring (bicyclic) bond motifs is 2. The first-order valence-corrected chi connectivity index (χ1v) is 14.5. The van der Waals surface area contributed by atoms with Gasteiger partial charge in [-0.2, -0.15) is 5.10 Å². The second kappa shape index (κ2) is 10.4. The highest BCUT2D eigenvalue weighted by molar-refractivity contribution is 7.27. The van der Waals surface area contributed by atoms with Crippen molar-refractivity contribution < 1.29 is 9.13 Å². The molecule has 0 radical (unpaired) electrons. The van der Waals surface area contributed by atoms with Crippen LogP contribution in [0.1, 0.15) is 38.1 Å². The van der Waals surface area contributed by atoms with Gasteiger partial charge in [-0.05, 0) is 74.5 Å². The van der Waals surface area contributed by atoms with Crippen LogP contribution in [0.4, 0.5) is 10.2 Å². The third-order valence-corrected chi connectivity index (χ3v) is 8.35. The molecular formula is C30H28FN6O2PS. The van der Waals surface area contributed by atoms with Crippen LogP contribution in [-0.2, 0) is 0 Å². The summed E-state index contributed by atoms with van der Waals surface area (Å²) in [6.07, 6.45) is 1.21. The van der Waals surface area contributed by atoms with Gasteiger partial charge in [0.25, 0.3) is 5.56 Å². The highest BCUT2D eigenvalue weighted by Crippen LogP contribution is 2.37. The van der Waals surface area contributed by atoms with Crippen molar-refractivity contribution in [3.8, 4) is 28.1 Å². The van der Waals surface area contributed by atoms with E-state index in [0.29, 0.717) is 27.9 Å². The van der Waals surface area contributed by atoms with Crippen molar-refractivity contribution in [1.29, 1.82) is 0 Å². The van der Waals surface area contributed by atoms with Crippen LogP contribution in [0.25, 0.3) is 38.2 Å². The Kier molecular flexibility index (Phi) is 6.83. The average Bonchev–Trinajstić information content (AvgIpc) is 3.51. The Balaban J connectivity index is 1.59. The summed E-state index contributed by atoms with van der Waals surface area (Å²) in [5.74, 6) is -0.119. The first-order chi connectivity index (χ1) is 19.6. The lowest BCUT2D eigenvalue weighted by atomic mass is 9.97. The quantitative estimate of drug-likeness (QED) is 0.249. The average molecular weight is 587 g/mol. The molecular weight excluding hydrogens is 558 g/mol. The number of thiazole rings is 1. The lowest BCUT2D eigenvalue weighted by Gasteiger charge is -2.18. The zero-order chi connectivity index (χ0) is 29.0. The van der Waals surface area contributed by atoms with Gasteiger partial charge in [0.05, 0.1) is 23.1 Å². The Labute approximate surface area is 241 Å². The Morgan fingerprint density at radius 1 is 1.07 bits per heavy atom. The molecule has 11 heteroatoms. The minimum Gasteiger partial charge on any atom is -0.488 e. The molecule has 2 atom stereocenters. The molecule has 1 unspecified atom stereocenters. The number of benzene rings is 2. The maximum Gasteiger partial charge on any atom is 0.264 e. The van der Waals surface area contributed by atoms with Crippen molar-refractivity contribution >= 4 is 47.6 Å².